The molecule has 0 spiro atoms. The first-order chi connectivity index (χ1) is 6.35. The van der Waals surface area contributed by atoms with Gasteiger partial charge in [-0.05, 0) is 19.9 Å². The maximum atomic E-state index is 12.8. The van der Waals surface area contributed by atoms with E-state index in [0.717, 1.165) is 12.3 Å². The van der Waals surface area contributed by atoms with Gasteiger partial charge in [-0.3, -0.25) is 4.79 Å². The Hall–Kier alpha value is -1.16. The van der Waals surface area contributed by atoms with Gasteiger partial charge >= 0.3 is 5.97 Å². The summed E-state index contributed by atoms with van der Waals surface area (Å²) < 4.78 is 12.8. The number of halogens is 2. The molecule has 1 aromatic heterocycles. The fourth-order valence-electron chi connectivity index (χ4n) is 0.976. The Bertz CT molecular complexity index is 379. The van der Waals surface area contributed by atoms with E-state index in [1.54, 1.807) is 0 Å². The molecule has 0 aliphatic rings. The lowest BCUT2D eigenvalue weighted by Crippen LogP contribution is -2.29. The first kappa shape index (κ1) is 10.9. The van der Waals surface area contributed by atoms with E-state index >= 15 is 0 Å². The summed E-state index contributed by atoms with van der Waals surface area (Å²) in [7, 11) is 0. The van der Waals surface area contributed by atoms with Crippen LogP contribution in [0.2, 0.25) is 5.15 Å². The monoisotopic (exact) mass is 217 g/mol. The van der Waals surface area contributed by atoms with Crippen LogP contribution in [0.5, 0.6) is 0 Å². The van der Waals surface area contributed by atoms with E-state index in [1.807, 2.05) is 0 Å². The molecular weight excluding hydrogens is 209 g/mol. The van der Waals surface area contributed by atoms with Gasteiger partial charge in [-0.1, -0.05) is 11.6 Å². The van der Waals surface area contributed by atoms with Gasteiger partial charge in [-0.15, -0.1) is 0 Å². The van der Waals surface area contributed by atoms with Gasteiger partial charge in [-0.25, -0.2) is 9.37 Å². The first-order valence-corrected chi connectivity index (χ1v) is 4.28. The molecule has 0 aliphatic heterocycles. The number of nitrogens with zero attached hydrogens (tertiary/aromatic N) is 1. The van der Waals surface area contributed by atoms with E-state index in [1.165, 1.54) is 13.8 Å². The maximum absolute atomic E-state index is 12.8. The topological polar surface area (TPSA) is 50.2 Å². The number of aliphatic carboxylic acids is 1. The molecule has 0 radical (unpaired) electrons. The predicted octanol–water partition coefficient (Wildman–Crippen LogP) is 2.24. The molecule has 5 heteroatoms. The molecule has 0 atom stereocenters. The number of rotatable bonds is 2. The second-order valence-corrected chi connectivity index (χ2v) is 3.78. The van der Waals surface area contributed by atoms with Gasteiger partial charge < -0.3 is 5.11 Å². The Morgan fingerprint density at radius 1 is 1.64 bits per heavy atom. The summed E-state index contributed by atoms with van der Waals surface area (Å²) in [5.41, 5.74) is -1.07. The summed E-state index contributed by atoms with van der Waals surface area (Å²) in [5, 5.41) is 8.91. The van der Waals surface area contributed by atoms with Crippen LogP contribution in [0.15, 0.2) is 12.3 Å². The van der Waals surface area contributed by atoms with Crippen LogP contribution in [0.4, 0.5) is 4.39 Å². The Morgan fingerprint density at radius 3 is 2.71 bits per heavy atom. The molecule has 0 saturated carbocycles. The van der Waals surface area contributed by atoms with Crippen molar-refractivity contribution in [3.63, 3.8) is 0 Å². The van der Waals surface area contributed by atoms with Gasteiger partial charge in [0.2, 0.25) is 0 Å². The smallest absolute Gasteiger partial charge is 0.313 e. The second kappa shape index (κ2) is 3.53. The zero-order valence-electron chi connectivity index (χ0n) is 7.71. The standard InChI is InChI=1S/C9H9ClFNO2/c1-9(2,8(13)14)6-3-5(11)4-12-7(6)10/h3-4H,1-2H3,(H,13,14). The van der Waals surface area contributed by atoms with Gasteiger partial charge in [0.05, 0.1) is 11.6 Å². The highest BCUT2D eigenvalue weighted by Gasteiger charge is 2.32. The summed E-state index contributed by atoms with van der Waals surface area (Å²) in [6, 6.07) is 1.09. The summed E-state index contributed by atoms with van der Waals surface area (Å²) in [6.45, 7) is 2.88. The third kappa shape index (κ3) is 1.85. The zero-order chi connectivity index (χ0) is 10.9. The van der Waals surface area contributed by atoms with Crippen LogP contribution < -0.4 is 0 Å². The molecule has 76 valence electrons. The lowest BCUT2D eigenvalue weighted by atomic mass is 9.86. The Labute approximate surface area is 85.5 Å². The quantitative estimate of drug-likeness (QED) is 0.773. The second-order valence-electron chi connectivity index (χ2n) is 3.42. The minimum Gasteiger partial charge on any atom is -0.481 e. The highest BCUT2D eigenvalue weighted by atomic mass is 35.5. The van der Waals surface area contributed by atoms with Crippen LogP contribution in [0, 0.1) is 5.82 Å². The molecule has 0 amide bonds. The van der Waals surface area contributed by atoms with Crippen LogP contribution in [-0.4, -0.2) is 16.1 Å². The summed E-state index contributed by atoms with van der Waals surface area (Å²) in [5.74, 6) is -1.68. The highest BCUT2D eigenvalue weighted by molar-refractivity contribution is 6.30. The lowest BCUT2D eigenvalue weighted by Gasteiger charge is -2.20. The number of hydrogen-bond acceptors (Lipinski definition) is 2. The van der Waals surface area contributed by atoms with Gasteiger partial charge in [0.1, 0.15) is 11.0 Å². The third-order valence-corrected chi connectivity index (χ3v) is 2.31. The molecule has 1 N–H and O–H groups in total. The molecule has 14 heavy (non-hydrogen) atoms. The molecule has 0 aliphatic carbocycles. The zero-order valence-corrected chi connectivity index (χ0v) is 8.47. The van der Waals surface area contributed by atoms with Gasteiger partial charge in [0, 0.05) is 5.56 Å². The third-order valence-electron chi connectivity index (χ3n) is 2.01. The number of carbonyl (C=O) groups is 1. The number of carboxylic acid groups (broad SMARTS) is 1. The lowest BCUT2D eigenvalue weighted by molar-refractivity contribution is -0.142. The molecule has 1 aromatic rings. The molecule has 0 fully saturated rings. The Kier molecular flexibility index (Phi) is 2.76. The SMILES string of the molecule is CC(C)(C(=O)O)c1cc(F)cnc1Cl. The average Bonchev–Trinajstić information content (AvgIpc) is 2.08. The molecule has 3 nitrogen and oxygen atoms in total. The van der Waals surface area contributed by atoms with Gasteiger partial charge in [0.15, 0.2) is 0 Å². The minimum absolute atomic E-state index is 0.0128. The van der Waals surface area contributed by atoms with Crippen molar-refractivity contribution in [2.45, 2.75) is 19.3 Å². The van der Waals surface area contributed by atoms with Crippen molar-refractivity contribution in [2.24, 2.45) is 0 Å². The first-order valence-electron chi connectivity index (χ1n) is 3.90. The predicted molar refractivity (Wildman–Crippen MR) is 49.9 cm³/mol. The van der Waals surface area contributed by atoms with Gasteiger partial charge in [-0.2, -0.15) is 0 Å². The van der Waals surface area contributed by atoms with Crippen molar-refractivity contribution < 1.29 is 14.3 Å². The molecule has 1 rings (SSSR count). The van der Waals surface area contributed by atoms with Crippen molar-refractivity contribution in [2.75, 3.05) is 0 Å². The normalized spacial score (nSPS) is 11.4. The number of aromatic nitrogens is 1. The van der Waals surface area contributed by atoms with Crippen LogP contribution in [0.1, 0.15) is 19.4 Å². The molecule has 0 bridgehead atoms. The van der Waals surface area contributed by atoms with Crippen LogP contribution in [0.3, 0.4) is 0 Å². The average molecular weight is 218 g/mol. The van der Waals surface area contributed by atoms with Crippen molar-refractivity contribution in [1.29, 1.82) is 0 Å². The van der Waals surface area contributed by atoms with E-state index in [-0.39, 0.29) is 10.7 Å². The molecule has 1 heterocycles. The van der Waals surface area contributed by atoms with Crippen LogP contribution in [-0.2, 0) is 10.2 Å². The van der Waals surface area contributed by atoms with Crippen molar-refractivity contribution >= 4 is 17.6 Å². The Morgan fingerprint density at radius 2 is 2.21 bits per heavy atom. The van der Waals surface area contributed by atoms with Crippen molar-refractivity contribution in [3.05, 3.63) is 28.8 Å². The molecule has 0 unspecified atom stereocenters. The van der Waals surface area contributed by atoms with Crippen LogP contribution >= 0.6 is 11.6 Å². The molecule has 0 aromatic carbocycles. The van der Waals surface area contributed by atoms with E-state index < -0.39 is 17.2 Å². The summed E-state index contributed by atoms with van der Waals surface area (Å²) in [4.78, 5) is 14.4. The highest BCUT2D eigenvalue weighted by Crippen LogP contribution is 2.29. The van der Waals surface area contributed by atoms with E-state index in [2.05, 4.69) is 4.98 Å². The fourth-order valence-corrected chi connectivity index (χ4v) is 1.32. The molecule has 0 saturated heterocycles. The van der Waals surface area contributed by atoms with Gasteiger partial charge in [0.25, 0.3) is 0 Å². The fraction of sp³-hybridized carbons (Fsp3) is 0.333. The number of hydrogen-bond donors (Lipinski definition) is 1. The minimum atomic E-state index is -1.24. The van der Waals surface area contributed by atoms with E-state index in [9.17, 15) is 9.18 Å². The number of carboxylic acids is 1. The van der Waals surface area contributed by atoms with Crippen molar-refractivity contribution in [1.82, 2.24) is 4.98 Å². The van der Waals surface area contributed by atoms with Crippen LogP contribution in [0.25, 0.3) is 0 Å². The van der Waals surface area contributed by atoms with E-state index in [0.29, 0.717) is 0 Å². The Balaban J connectivity index is 3.31. The summed E-state index contributed by atoms with van der Waals surface area (Å²) in [6.07, 6.45) is 0.948. The number of pyridine rings is 1. The van der Waals surface area contributed by atoms with Crippen molar-refractivity contribution in [3.8, 4) is 0 Å². The summed E-state index contributed by atoms with van der Waals surface area (Å²) >= 11 is 5.68. The molecular formula is C9H9ClFNO2. The maximum Gasteiger partial charge on any atom is 0.313 e. The largest absolute Gasteiger partial charge is 0.481 e. The van der Waals surface area contributed by atoms with E-state index in [4.69, 9.17) is 16.7 Å².